The normalized spacial score (nSPS) is 11.1. The summed E-state index contributed by atoms with van der Waals surface area (Å²) >= 11 is 1.60. The van der Waals surface area contributed by atoms with E-state index in [1.54, 1.807) is 17.8 Å². The number of carbonyl (C=O) groups excluding carboxylic acids is 1. The molecule has 0 saturated heterocycles. The van der Waals surface area contributed by atoms with Gasteiger partial charge in [-0.05, 0) is 45.0 Å². The molecule has 2 aromatic heterocycles. The number of thioether (sulfide) groups is 1. The van der Waals surface area contributed by atoms with Crippen molar-refractivity contribution in [3.63, 3.8) is 0 Å². The third kappa shape index (κ3) is 3.46. The van der Waals surface area contributed by atoms with E-state index in [-0.39, 0.29) is 5.91 Å². The Kier molecular flexibility index (Phi) is 4.89. The van der Waals surface area contributed by atoms with Crippen molar-refractivity contribution in [1.29, 1.82) is 0 Å². The third-order valence-electron chi connectivity index (χ3n) is 3.74. The Labute approximate surface area is 144 Å². The first-order chi connectivity index (χ1) is 11.6. The number of hydrogen-bond donors (Lipinski definition) is 1. The van der Waals surface area contributed by atoms with E-state index in [9.17, 15) is 4.79 Å². The molecule has 0 saturated carbocycles. The Morgan fingerprint density at radius 3 is 2.92 bits per heavy atom. The second-order valence-electron chi connectivity index (χ2n) is 5.49. The van der Waals surface area contributed by atoms with Crippen LogP contribution in [0.5, 0.6) is 0 Å². The van der Waals surface area contributed by atoms with Crippen molar-refractivity contribution >= 4 is 28.6 Å². The monoisotopic (exact) mass is 344 g/mol. The van der Waals surface area contributed by atoms with Crippen LogP contribution in [-0.4, -0.2) is 33.0 Å². The number of carbonyl (C=O) groups is 1. The summed E-state index contributed by atoms with van der Waals surface area (Å²) in [4.78, 5) is 12.2. The molecular weight excluding hydrogens is 324 g/mol. The number of aromatic nitrogens is 3. The minimum absolute atomic E-state index is 0.0792. The molecule has 1 aromatic carbocycles. The van der Waals surface area contributed by atoms with E-state index in [0.717, 1.165) is 40.0 Å². The summed E-state index contributed by atoms with van der Waals surface area (Å²) in [6, 6.07) is 7.40. The smallest absolute Gasteiger partial charge is 0.251 e. The van der Waals surface area contributed by atoms with Crippen LogP contribution in [0.4, 0.5) is 0 Å². The highest BCUT2D eigenvalue weighted by molar-refractivity contribution is 7.99. The van der Waals surface area contributed by atoms with Gasteiger partial charge in [0.1, 0.15) is 17.2 Å². The van der Waals surface area contributed by atoms with Crippen molar-refractivity contribution < 1.29 is 9.21 Å². The minimum atomic E-state index is -0.0792. The molecule has 0 unspecified atom stereocenters. The maximum atomic E-state index is 12.2. The summed E-state index contributed by atoms with van der Waals surface area (Å²) in [5, 5.41) is 13.0. The molecular formula is C17H20N4O2S. The number of nitrogens with zero attached hydrogens (tertiary/aromatic N) is 3. The molecule has 3 rings (SSSR count). The van der Waals surface area contributed by atoms with Crippen LogP contribution in [0.1, 0.15) is 28.9 Å². The number of furan rings is 1. The molecule has 7 heteroatoms. The van der Waals surface area contributed by atoms with Gasteiger partial charge in [0.05, 0.1) is 0 Å². The summed E-state index contributed by atoms with van der Waals surface area (Å²) in [6.45, 7) is 7.32. The molecule has 3 aromatic rings. The summed E-state index contributed by atoms with van der Waals surface area (Å²) in [5.41, 5.74) is 1.44. The quantitative estimate of drug-likeness (QED) is 0.549. The van der Waals surface area contributed by atoms with Crippen LogP contribution < -0.4 is 5.32 Å². The van der Waals surface area contributed by atoms with E-state index in [1.807, 2.05) is 32.0 Å². The molecule has 0 aliphatic carbocycles. The molecule has 1 N–H and O–H groups in total. The zero-order valence-electron chi connectivity index (χ0n) is 14.0. The van der Waals surface area contributed by atoms with Crippen molar-refractivity contribution in [1.82, 2.24) is 20.1 Å². The topological polar surface area (TPSA) is 73.0 Å². The van der Waals surface area contributed by atoms with Crippen LogP contribution in [0.25, 0.3) is 11.0 Å². The van der Waals surface area contributed by atoms with Crippen LogP contribution in [0.15, 0.2) is 33.8 Å². The van der Waals surface area contributed by atoms with Crippen molar-refractivity contribution in [2.45, 2.75) is 32.5 Å². The van der Waals surface area contributed by atoms with E-state index in [1.165, 1.54) is 0 Å². The minimum Gasteiger partial charge on any atom is -0.461 e. The van der Waals surface area contributed by atoms with Gasteiger partial charge >= 0.3 is 0 Å². The molecule has 0 bridgehead atoms. The molecule has 0 fully saturated rings. The molecule has 0 atom stereocenters. The summed E-state index contributed by atoms with van der Waals surface area (Å²) in [6.07, 6.45) is 0. The number of benzene rings is 1. The Hall–Kier alpha value is -2.28. The Morgan fingerprint density at radius 2 is 2.12 bits per heavy atom. The second-order valence-corrected chi connectivity index (χ2v) is 6.55. The maximum Gasteiger partial charge on any atom is 0.251 e. The lowest BCUT2D eigenvalue weighted by Crippen LogP contribution is -2.25. The average Bonchev–Trinajstić information content (AvgIpc) is 3.11. The Bertz CT molecular complexity index is 869. The van der Waals surface area contributed by atoms with Gasteiger partial charge in [0.15, 0.2) is 5.16 Å². The van der Waals surface area contributed by atoms with Gasteiger partial charge in [0.2, 0.25) is 0 Å². The number of nitrogens with one attached hydrogen (secondary N) is 1. The summed E-state index contributed by atoms with van der Waals surface area (Å²) in [5.74, 6) is 2.42. The number of hydrogen-bond acceptors (Lipinski definition) is 5. The maximum absolute atomic E-state index is 12.2. The van der Waals surface area contributed by atoms with Gasteiger partial charge in [-0.3, -0.25) is 4.79 Å². The first kappa shape index (κ1) is 16.6. The lowest BCUT2D eigenvalue weighted by atomic mass is 10.1. The van der Waals surface area contributed by atoms with Crippen LogP contribution in [-0.2, 0) is 6.54 Å². The largest absolute Gasteiger partial charge is 0.461 e. The standard InChI is InChI=1S/C17H20N4O2S/c1-4-21-12(3)19-20-17(21)24-8-7-18-16(22)13-5-6-15-14(10-13)9-11(2)23-15/h5-6,9-10H,4,7-8H2,1-3H3,(H,18,22). The predicted octanol–water partition coefficient (Wildman–Crippen LogP) is 3.18. The lowest BCUT2D eigenvalue weighted by molar-refractivity contribution is 0.0956. The fourth-order valence-electron chi connectivity index (χ4n) is 2.56. The molecule has 2 heterocycles. The van der Waals surface area contributed by atoms with Gasteiger partial charge in [-0.2, -0.15) is 0 Å². The number of fused-ring (bicyclic) bond motifs is 1. The number of aryl methyl sites for hydroxylation is 2. The third-order valence-corrected chi connectivity index (χ3v) is 4.71. The molecule has 0 aliphatic heterocycles. The van der Waals surface area contributed by atoms with Crippen molar-refractivity contribution in [2.24, 2.45) is 0 Å². The van der Waals surface area contributed by atoms with Crippen LogP contribution in [0.2, 0.25) is 0 Å². The van der Waals surface area contributed by atoms with Gasteiger partial charge in [-0.1, -0.05) is 11.8 Å². The van der Waals surface area contributed by atoms with E-state index >= 15 is 0 Å². The van der Waals surface area contributed by atoms with Gasteiger partial charge in [-0.25, -0.2) is 0 Å². The van der Waals surface area contributed by atoms with Crippen molar-refractivity contribution in [3.8, 4) is 0 Å². The number of amides is 1. The molecule has 0 aliphatic rings. The van der Waals surface area contributed by atoms with Gasteiger partial charge in [-0.15, -0.1) is 10.2 Å². The van der Waals surface area contributed by atoms with E-state index in [4.69, 9.17) is 4.42 Å². The highest BCUT2D eigenvalue weighted by Gasteiger charge is 2.10. The summed E-state index contributed by atoms with van der Waals surface area (Å²) < 4.78 is 7.58. The fourth-order valence-corrected chi connectivity index (χ4v) is 3.46. The number of rotatable bonds is 6. The highest BCUT2D eigenvalue weighted by Crippen LogP contribution is 2.20. The first-order valence-electron chi connectivity index (χ1n) is 7.89. The molecule has 0 spiro atoms. The highest BCUT2D eigenvalue weighted by atomic mass is 32.2. The van der Waals surface area contributed by atoms with E-state index < -0.39 is 0 Å². The molecule has 1 amide bonds. The van der Waals surface area contributed by atoms with Crippen LogP contribution in [0, 0.1) is 13.8 Å². The zero-order valence-corrected chi connectivity index (χ0v) is 14.8. The SMILES string of the molecule is CCn1c(C)nnc1SCCNC(=O)c1ccc2oc(C)cc2c1. The zero-order chi connectivity index (χ0) is 17.1. The van der Waals surface area contributed by atoms with Crippen LogP contribution >= 0.6 is 11.8 Å². The second kappa shape index (κ2) is 7.09. The lowest BCUT2D eigenvalue weighted by Gasteiger charge is -2.06. The molecule has 24 heavy (non-hydrogen) atoms. The van der Waals surface area contributed by atoms with Crippen molar-refractivity contribution in [3.05, 3.63) is 41.4 Å². The van der Waals surface area contributed by atoms with Crippen molar-refractivity contribution in [2.75, 3.05) is 12.3 Å². The van der Waals surface area contributed by atoms with E-state index in [0.29, 0.717) is 12.1 Å². The van der Waals surface area contributed by atoms with Crippen LogP contribution in [0.3, 0.4) is 0 Å². The fraction of sp³-hybridized carbons (Fsp3) is 0.353. The average molecular weight is 344 g/mol. The van der Waals surface area contributed by atoms with Gasteiger partial charge in [0, 0.05) is 29.8 Å². The predicted molar refractivity (Wildman–Crippen MR) is 94.4 cm³/mol. The Balaban J connectivity index is 1.54. The van der Waals surface area contributed by atoms with Gasteiger partial charge in [0.25, 0.3) is 5.91 Å². The first-order valence-corrected chi connectivity index (χ1v) is 8.88. The summed E-state index contributed by atoms with van der Waals surface area (Å²) in [7, 11) is 0. The molecule has 126 valence electrons. The van der Waals surface area contributed by atoms with Gasteiger partial charge < -0.3 is 14.3 Å². The Morgan fingerprint density at radius 1 is 1.29 bits per heavy atom. The van der Waals surface area contributed by atoms with E-state index in [2.05, 4.69) is 27.0 Å². The molecule has 0 radical (unpaired) electrons. The molecule has 6 nitrogen and oxygen atoms in total.